The predicted octanol–water partition coefficient (Wildman–Crippen LogP) is 1.27. The van der Waals surface area contributed by atoms with Crippen LogP contribution < -0.4 is 32.7 Å². The van der Waals surface area contributed by atoms with Crippen LogP contribution in [0.25, 0.3) is 0 Å². The topological polar surface area (TPSA) is 302 Å². The molecule has 12 atom stereocenters. The first kappa shape index (κ1) is 47.3. The van der Waals surface area contributed by atoms with Crippen LogP contribution in [-0.4, -0.2) is 130 Å². The maximum absolute atomic E-state index is 12.9. The molecule has 0 spiro atoms. The van der Waals surface area contributed by atoms with Gasteiger partial charge in [0.2, 0.25) is 0 Å². The van der Waals surface area contributed by atoms with E-state index < -0.39 is 54.3 Å². The van der Waals surface area contributed by atoms with Crippen molar-refractivity contribution in [3.05, 3.63) is 58.7 Å². The lowest BCUT2D eigenvalue weighted by molar-refractivity contribution is -0.150. The third-order valence-corrected chi connectivity index (χ3v) is 13.4. The van der Waals surface area contributed by atoms with Crippen molar-refractivity contribution in [2.75, 3.05) is 13.2 Å². The average Bonchev–Trinajstić information content (AvgIpc) is 3.89. The molecule has 0 aliphatic carbocycles. The third-order valence-electron chi connectivity index (χ3n) is 13.4. The van der Waals surface area contributed by atoms with E-state index in [1.165, 1.54) is 0 Å². The molecule has 5 rings (SSSR count). The van der Waals surface area contributed by atoms with E-state index in [0.29, 0.717) is 25.7 Å². The van der Waals surface area contributed by atoms with Crippen molar-refractivity contribution in [2.24, 2.45) is 23.3 Å². The number of carboxylic acids is 4. The highest BCUT2D eigenvalue weighted by Crippen LogP contribution is 2.42. The minimum atomic E-state index is -1.44. The summed E-state index contributed by atoms with van der Waals surface area (Å²) in [5.41, 5.74) is 17.0. The number of aliphatic carboxylic acids is 4. The molecule has 0 aromatic heterocycles. The molecule has 10 unspecified atom stereocenters. The predicted molar refractivity (Wildman–Crippen MR) is 222 cm³/mol. The van der Waals surface area contributed by atoms with Gasteiger partial charge in [-0.2, -0.15) is 0 Å². The van der Waals surface area contributed by atoms with Crippen molar-refractivity contribution >= 4 is 35.8 Å². The van der Waals surface area contributed by atoms with E-state index in [4.69, 9.17) is 20.9 Å². The van der Waals surface area contributed by atoms with E-state index in [2.05, 4.69) is 41.3 Å². The summed E-state index contributed by atoms with van der Waals surface area (Å²) in [6.07, 6.45) is 5.25. The number of carbonyl (C=O) groups excluding carboxylic acids is 2. The average molecular weight is 855 g/mol. The largest absolute Gasteiger partial charge is 0.481 e. The highest BCUT2D eigenvalue weighted by Gasteiger charge is 2.48. The Kier molecular flexibility index (Phi) is 16.2. The first-order chi connectivity index (χ1) is 28.9. The van der Waals surface area contributed by atoms with E-state index in [9.17, 15) is 49.2 Å². The number of hydrogen-bond donors (Lipinski definition) is 10. The van der Waals surface area contributed by atoms with Gasteiger partial charge in [-0.05, 0) is 81.4 Å². The molecule has 18 nitrogen and oxygen atoms in total. The van der Waals surface area contributed by atoms with E-state index in [-0.39, 0.29) is 112 Å². The molecule has 0 saturated carbocycles. The molecule has 2 saturated heterocycles. The van der Waals surface area contributed by atoms with Crippen LogP contribution >= 0.6 is 0 Å². The second kappa shape index (κ2) is 20.9. The summed E-state index contributed by atoms with van der Waals surface area (Å²) in [7, 11) is 0. The smallest absolute Gasteiger partial charge is 0.321 e. The summed E-state index contributed by atoms with van der Waals surface area (Å²) in [6, 6.07) is -4.55. The number of nitrogens with one attached hydrogen (secondary N) is 4. The van der Waals surface area contributed by atoms with Gasteiger partial charge in [0.25, 0.3) is 0 Å². The Morgan fingerprint density at radius 1 is 0.656 bits per heavy atom. The molecular formula is C43H62N6O12. The second-order valence-corrected chi connectivity index (χ2v) is 17.0. The maximum Gasteiger partial charge on any atom is 0.321 e. The van der Waals surface area contributed by atoms with Gasteiger partial charge in [0, 0.05) is 73.5 Å². The number of rotatable bonds is 19. The number of hydrogen-bond acceptors (Lipinski definition) is 14. The Morgan fingerprint density at radius 2 is 1.21 bits per heavy atom. The number of carbonyl (C=O) groups is 6. The van der Waals surface area contributed by atoms with Gasteiger partial charge in [0.05, 0.1) is 13.0 Å². The van der Waals surface area contributed by atoms with Gasteiger partial charge < -0.3 is 62.6 Å². The summed E-state index contributed by atoms with van der Waals surface area (Å²) in [4.78, 5) is 72.3. The molecular weight excluding hydrogens is 793 g/mol. The molecule has 336 valence electrons. The van der Waals surface area contributed by atoms with Crippen molar-refractivity contribution in [1.82, 2.24) is 21.3 Å². The van der Waals surface area contributed by atoms with Crippen LogP contribution in [-0.2, 0) is 38.2 Å². The van der Waals surface area contributed by atoms with Gasteiger partial charge in [0.1, 0.15) is 18.7 Å². The summed E-state index contributed by atoms with van der Waals surface area (Å²) < 4.78 is 11.5. The Balaban J connectivity index is 1.52. The molecule has 0 radical (unpaired) electrons. The zero-order chi connectivity index (χ0) is 44.7. The van der Waals surface area contributed by atoms with Crippen molar-refractivity contribution in [1.29, 1.82) is 0 Å². The second-order valence-electron chi connectivity index (χ2n) is 17.0. The Morgan fingerprint density at radius 3 is 1.85 bits per heavy atom. The van der Waals surface area contributed by atoms with Crippen LogP contribution in [0.3, 0.4) is 0 Å². The molecule has 2 fully saturated rings. The van der Waals surface area contributed by atoms with Gasteiger partial charge in [-0.15, -0.1) is 0 Å². The molecule has 5 aliphatic heterocycles. The standard InChI is InChI=1S/C43H62N6O12/c1-5-22-20(3)30-14-33-23(6-2)26(18-60-40(54)12-9-28(44)42(56)57)36(48-33)15-31-21(4)24(7-10-38(50)51)34(47-31)17-35-25(8-11-39(52)53)27(37(49-35)16-32(22)46-30)19-61-41(55)13-29(45)43(58)59/h5-6,25,27-37,46-49H,1-2,7-19,44-45H2,3-4H3,(H,50,51)(H,52,53)(H,56,57)(H,58,59)/t25?,27?,28-,29-,30?,31?,32?,33?,34?,35?,36?,37?/m0/s1. The molecule has 61 heavy (non-hydrogen) atoms. The number of fused-ring (bicyclic) bond motifs is 8. The van der Waals surface area contributed by atoms with Crippen LogP contribution in [0.4, 0.5) is 0 Å². The summed E-state index contributed by atoms with van der Waals surface area (Å²) in [5, 5.41) is 53.3. The van der Waals surface area contributed by atoms with Crippen LogP contribution in [0.15, 0.2) is 58.7 Å². The van der Waals surface area contributed by atoms with Gasteiger partial charge in [-0.3, -0.25) is 28.8 Å². The summed E-state index contributed by atoms with van der Waals surface area (Å²) in [5.74, 6) is -6.46. The molecule has 5 heterocycles. The lowest BCUT2D eigenvalue weighted by Crippen LogP contribution is -2.46. The lowest BCUT2D eigenvalue weighted by atomic mass is 9.80. The minimum Gasteiger partial charge on any atom is -0.481 e. The first-order valence-electron chi connectivity index (χ1n) is 21.1. The number of nitrogens with two attached hydrogens (primary N) is 2. The fourth-order valence-electron chi connectivity index (χ4n) is 10.1. The van der Waals surface area contributed by atoms with Crippen molar-refractivity contribution < 1.29 is 58.7 Å². The SMILES string of the molecule is C=CC1=C(C)C2CC3NC(CC4NC(CC5NC(CC1N2)C(COC(=O)C[C@H](N)C(=O)O)C5CCC(=O)O)C(CCC(=O)O)=C4C)C(COC(=O)CC[C@H](N)C(=O)O)=C3C=C. The number of esters is 2. The Labute approximate surface area is 355 Å². The number of ether oxygens (including phenoxy) is 2. The summed E-state index contributed by atoms with van der Waals surface area (Å²) in [6.45, 7) is 12.2. The molecule has 12 N–H and O–H groups in total. The third kappa shape index (κ3) is 11.6. The fraction of sp³-hybridized carbons (Fsp3) is 0.628. The van der Waals surface area contributed by atoms with Crippen molar-refractivity contribution in [2.45, 2.75) is 145 Å². The van der Waals surface area contributed by atoms with E-state index in [1.807, 2.05) is 13.0 Å². The van der Waals surface area contributed by atoms with Crippen molar-refractivity contribution in [3.8, 4) is 0 Å². The van der Waals surface area contributed by atoms with E-state index in [0.717, 1.165) is 33.4 Å². The Hall–Kier alpha value is -4.72. The Bertz CT molecular complexity index is 1840. The van der Waals surface area contributed by atoms with Gasteiger partial charge in [-0.1, -0.05) is 42.0 Å². The van der Waals surface area contributed by atoms with Crippen LogP contribution in [0.2, 0.25) is 0 Å². The minimum absolute atomic E-state index is 0.0535. The van der Waals surface area contributed by atoms with Crippen LogP contribution in [0.5, 0.6) is 0 Å². The van der Waals surface area contributed by atoms with Gasteiger partial charge in [-0.25, -0.2) is 0 Å². The normalized spacial score (nSPS) is 30.8. The van der Waals surface area contributed by atoms with Crippen LogP contribution in [0.1, 0.15) is 84.5 Å². The molecule has 0 aromatic rings. The lowest BCUT2D eigenvalue weighted by Gasteiger charge is -2.28. The number of carboxylic acid groups (broad SMARTS) is 4. The van der Waals surface area contributed by atoms with E-state index in [1.54, 1.807) is 6.08 Å². The van der Waals surface area contributed by atoms with E-state index >= 15 is 0 Å². The van der Waals surface area contributed by atoms with Gasteiger partial charge >= 0.3 is 35.8 Å². The first-order valence-corrected chi connectivity index (χ1v) is 21.1. The highest BCUT2D eigenvalue weighted by atomic mass is 16.5. The monoisotopic (exact) mass is 854 g/mol. The van der Waals surface area contributed by atoms with Crippen molar-refractivity contribution in [3.63, 3.8) is 0 Å². The zero-order valence-electron chi connectivity index (χ0n) is 34.9. The molecule has 18 heteroatoms. The van der Waals surface area contributed by atoms with Crippen LogP contribution in [0, 0.1) is 11.8 Å². The zero-order valence-corrected chi connectivity index (χ0v) is 34.9. The fourth-order valence-corrected chi connectivity index (χ4v) is 10.1. The molecule has 0 aromatic carbocycles. The van der Waals surface area contributed by atoms with Gasteiger partial charge in [0.15, 0.2) is 0 Å². The molecule has 0 amide bonds. The molecule has 5 aliphatic rings. The highest BCUT2D eigenvalue weighted by molar-refractivity contribution is 5.81. The quantitative estimate of drug-likeness (QED) is 0.0646. The molecule has 8 bridgehead atoms. The maximum atomic E-state index is 12.9. The summed E-state index contributed by atoms with van der Waals surface area (Å²) >= 11 is 0.